The minimum absolute atomic E-state index is 0.0154. The van der Waals surface area contributed by atoms with Gasteiger partial charge in [0.25, 0.3) is 0 Å². The molecule has 80 heavy (non-hydrogen) atoms. The number of hydrogen-bond donors (Lipinski definition) is 4. The first kappa shape index (κ1) is 53.1. The average molecular weight is 1070 g/mol. The summed E-state index contributed by atoms with van der Waals surface area (Å²) in [6.45, 7) is 27.1. The second-order valence-electron chi connectivity index (χ2n) is 23.3. The van der Waals surface area contributed by atoms with Crippen molar-refractivity contribution in [2.45, 2.75) is 147 Å². The zero-order valence-electron chi connectivity index (χ0n) is 49.3. The number of H-pyrrole nitrogens is 4. The monoisotopic (exact) mass is 1070 g/mol. The van der Waals surface area contributed by atoms with E-state index < -0.39 is 0 Å². The largest absolute Gasteiger partial charge is 0.469 e. The number of carbonyl (C=O) groups is 2. The van der Waals surface area contributed by atoms with Crippen molar-refractivity contribution in [3.63, 3.8) is 0 Å². The molecule has 412 valence electrons. The number of methoxy groups -OCH3 is 2. The molecule has 0 fully saturated rings. The molecule has 12 rings (SSSR count). The number of aliphatic imine (C=N–C) groups is 4. The van der Waals surface area contributed by atoms with E-state index in [1.165, 1.54) is 69.9 Å². The van der Waals surface area contributed by atoms with Crippen LogP contribution in [0.2, 0.25) is 0 Å². The molecule has 0 unspecified atom stereocenters. The first-order valence-corrected chi connectivity index (χ1v) is 29.3. The molecular formula is C68H76N8O4. The second kappa shape index (κ2) is 20.2. The highest BCUT2D eigenvalue weighted by Crippen LogP contribution is 2.50. The maximum Gasteiger partial charge on any atom is 0.305 e. The Hall–Kier alpha value is -7.60. The molecule has 4 aromatic rings. The predicted molar refractivity (Wildman–Crippen MR) is 327 cm³/mol. The van der Waals surface area contributed by atoms with Crippen molar-refractivity contribution < 1.29 is 19.1 Å². The molecule has 4 aromatic heterocycles. The van der Waals surface area contributed by atoms with Crippen molar-refractivity contribution in [1.82, 2.24) is 19.9 Å². The quantitative estimate of drug-likeness (QED) is 0.116. The van der Waals surface area contributed by atoms with E-state index in [1.54, 1.807) is 0 Å². The van der Waals surface area contributed by atoms with Gasteiger partial charge in [-0.1, -0.05) is 41.5 Å². The van der Waals surface area contributed by atoms with Gasteiger partial charge < -0.3 is 29.4 Å². The van der Waals surface area contributed by atoms with E-state index in [0.29, 0.717) is 38.5 Å². The van der Waals surface area contributed by atoms with Crippen molar-refractivity contribution in [2.24, 2.45) is 43.6 Å². The fourth-order valence-electron chi connectivity index (χ4n) is 14.9. The summed E-state index contributed by atoms with van der Waals surface area (Å²) in [4.78, 5) is 64.7. The molecule has 0 saturated heterocycles. The third-order valence-electron chi connectivity index (χ3n) is 19.4. The highest BCUT2D eigenvalue weighted by molar-refractivity contribution is 6.25. The maximum atomic E-state index is 13.0. The van der Waals surface area contributed by atoms with Crippen LogP contribution in [0.3, 0.4) is 0 Å². The Morgan fingerprint density at radius 2 is 0.900 bits per heavy atom. The second-order valence-corrected chi connectivity index (χ2v) is 23.3. The van der Waals surface area contributed by atoms with Crippen LogP contribution < -0.4 is 21.4 Å². The topological polar surface area (TPSA) is 165 Å². The molecule has 0 spiro atoms. The number of esters is 2. The van der Waals surface area contributed by atoms with Gasteiger partial charge in [-0.05, 0) is 183 Å². The SMILES string of the molecule is CCC1=C(C)C2=Cc3[nH]c(c(C)c3CC)C3=C4N=C(C=c5[nH]c(c(C)c5/C(=C5/CC6=C7N=C(C=c8[nH]c(c(C)c85)=CC5=NC(=Cc8[nH]c6c(C)c8CC)C(C)=C5CC)[C@@H](CCC(=O)OC)[C@@H]7C)C3)=CC1=N2)[C@@H](CCC(=O)OC)[C@@H]4C. The van der Waals surface area contributed by atoms with Crippen molar-refractivity contribution in [3.05, 3.63) is 134 Å². The van der Waals surface area contributed by atoms with E-state index in [4.69, 9.17) is 29.4 Å². The molecule has 4 atom stereocenters. The van der Waals surface area contributed by atoms with Crippen LogP contribution in [0.25, 0.3) is 58.7 Å². The van der Waals surface area contributed by atoms with Crippen LogP contribution in [0.4, 0.5) is 0 Å². The van der Waals surface area contributed by atoms with E-state index in [1.807, 2.05) is 0 Å². The number of aromatic nitrogens is 4. The number of carbonyl (C=O) groups excluding carboxylic acids is 2. The number of rotatable bonds is 10. The van der Waals surface area contributed by atoms with Crippen LogP contribution in [0.1, 0.15) is 174 Å². The lowest BCUT2D eigenvalue weighted by molar-refractivity contribution is -0.141. The van der Waals surface area contributed by atoms with Gasteiger partial charge in [0, 0.05) is 139 Å². The Balaban J connectivity index is 1.27. The minimum Gasteiger partial charge on any atom is -0.469 e. The molecule has 0 aliphatic carbocycles. The van der Waals surface area contributed by atoms with E-state index in [2.05, 4.69) is 139 Å². The van der Waals surface area contributed by atoms with Gasteiger partial charge in [0.2, 0.25) is 0 Å². The summed E-state index contributed by atoms with van der Waals surface area (Å²) in [5, 5.41) is 3.98. The van der Waals surface area contributed by atoms with Crippen molar-refractivity contribution in [2.75, 3.05) is 14.2 Å². The molecule has 0 aromatic carbocycles. The van der Waals surface area contributed by atoms with Crippen molar-refractivity contribution >= 4 is 93.5 Å². The Bertz CT molecular complexity index is 3840. The van der Waals surface area contributed by atoms with E-state index >= 15 is 0 Å². The summed E-state index contributed by atoms with van der Waals surface area (Å²) >= 11 is 0. The number of nitrogens with zero attached hydrogens (tertiary/aromatic N) is 4. The number of aromatic amines is 4. The van der Waals surface area contributed by atoms with E-state index in [-0.39, 0.29) is 35.6 Å². The first-order valence-electron chi connectivity index (χ1n) is 29.3. The van der Waals surface area contributed by atoms with E-state index in [0.717, 1.165) is 149 Å². The predicted octanol–water partition coefficient (Wildman–Crippen LogP) is 11.4. The summed E-state index contributed by atoms with van der Waals surface area (Å²) < 4.78 is 10.5. The first-order chi connectivity index (χ1) is 38.5. The number of nitrogens with one attached hydrogen (secondary N) is 4. The maximum absolute atomic E-state index is 13.0. The van der Waals surface area contributed by atoms with Crippen LogP contribution in [-0.4, -0.2) is 68.9 Å². The number of fused-ring (bicyclic) bond motifs is 16. The van der Waals surface area contributed by atoms with Crippen LogP contribution in [-0.2, 0) is 31.9 Å². The van der Waals surface area contributed by atoms with Crippen LogP contribution in [0.5, 0.6) is 0 Å². The molecule has 12 heterocycles. The molecule has 4 N–H and O–H groups in total. The number of allylic oxidation sites excluding steroid dienone is 10. The van der Waals surface area contributed by atoms with Gasteiger partial charge in [0.05, 0.1) is 37.0 Å². The van der Waals surface area contributed by atoms with Gasteiger partial charge in [0.15, 0.2) is 0 Å². The smallest absolute Gasteiger partial charge is 0.305 e. The third kappa shape index (κ3) is 8.28. The van der Waals surface area contributed by atoms with Crippen LogP contribution in [0, 0.1) is 51.4 Å². The summed E-state index contributed by atoms with van der Waals surface area (Å²) in [5.74, 6) is -0.524. The lowest BCUT2D eigenvalue weighted by atomic mass is 9.78. The van der Waals surface area contributed by atoms with Gasteiger partial charge in [-0.2, -0.15) is 0 Å². The van der Waals surface area contributed by atoms with Gasteiger partial charge in [-0.3, -0.25) is 19.6 Å². The molecule has 8 aliphatic heterocycles. The van der Waals surface area contributed by atoms with Crippen molar-refractivity contribution in [3.8, 4) is 0 Å². The van der Waals surface area contributed by atoms with E-state index in [9.17, 15) is 9.59 Å². The molecule has 18 bridgehead atoms. The average Bonchev–Trinajstić information content (AvgIpc) is 4.41. The lowest BCUT2D eigenvalue weighted by Crippen LogP contribution is -2.23. The summed E-state index contributed by atoms with van der Waals surface area (Å²) in [7, 11) is 2.95. The summed E-state index contributed by atoms with van der Waals surface area (Å²) in [6, 6.07) is 0. The van der Waals surface area contributed by atoms with Gasteiger partial charge in [-0.15, -0.1) is 0 Å². The van der Waals surface area contributed by atoms with Gasteiger partial charge >= 0.3 is 11.9 Å². The fraction of sp³-hybridized carbons (Fsp3) is 0.412. The zero-order valence-corrected chi connectivity index (χ0v) is 49.3. The highest BCUT2D eigenvalue weighted by atomic mass is 16.5. The van der Waals surface area contributed by atoms with Crippen molar-refractivity contribution in [1.29, 1.82) is 0 Å². The standard InChI is InChI=1S/C68H76N8O4/c1-15-39-31(5)49-25-55-41(17-3)33(7)65(73-55)47-23-45(63-37(11)51(27-53(39)69-49)71-59(63)29-57-43(19-21-61(77)79-13)35(9)67(47)75-57)46-24-48-66-34(8)42(18-4)56(74-66)26-50-32(6)40(16-2)54(70-50)28-52-38(12)64(46)60(72-52)30-58-44(20-22-62(78)80-14)36(10)68(48)76-58/h25-30,35-36,43-44,71-74H,15-24H2,1-14H3/b46-45-,49-25?,50-26?,51-27?,52-28?,53-27?,54-28?,55-25?,56-26?,57-29?,58-30?,59-29?,60-30?,65-47?,66-48?,67-47?,68-48?/t35-,36-,43-,44-/m0/s1. The summed E-state index contributed by atoms with van der Waals surface area (Å²) in [5.41, 5.74) is 31.3. The normalized spacial score (nSPS) is 22.5. The van der Waals surface area contributed by atoms with Gasteiger partial charge in [0.1, 0.15) is 0 Å². The molecule has 0 saturated carbocycles. The highest BCUT2D eigenvalue weighted by Gasteiger charge is 2.40. The Morgan fingerprint density at radius 1 is 0.500 bits per heavy atom. The lowest BCUT2D eigenvalue weighted by Gasteiger charge is -2.25. The van der Waals surface area contributed by atoms with Crippen LogP contribution in [0.15, 0.2) is 65.1 Å². The summed E-state index contributed by atoms with van der Waals surface area (Å²) in [6.07, 6.45) is 20.0. The Kier molecular flexibility index (Phi) is 13.4. The minimum atomic E-state index is -0.217. The molecule has 8 aliphatic rings. The molecular weight excluding hydrogens is 993 g/mol. The third-order valence-corrected chi connectivity index (χ3v) is 19.4. The number of ether oxygens (including phenoxy) is 2. The van der Waals surface area contributed by atoms with Crippen LogP contribution >= 0.6 is 0 Å². The number of hydrogen-bond acceptors (Lipinski definition) is 8. The Labute approximate surface area is 469 Å². The fourth-order valence-corrected chi connectivity index (χ4v) is 14.9. The molecule has 12 heteroatoms. The van der Waals surface area contributed by atoms with Gasteiger partial charge in [-0.25, -0.2) is 9.98 Å². The zero-order chi connectivity index (χ0) is 56.3. The molecule has 0 radical (unpaired) electrons. The Morgan fingerprint density at radius 3 is 1.26 bits per heavy atom. The molecule has 0 amide bonds. The molecule has 12 nitrogen and oxygen atoms in total.